The molecule has 0 spiro atoms. The van der Waals surface area contributed by atoms with Crippen LogP contribution in [0.5, 0.6) is 5.75 Å². The number of benzene rings is 1. The van der Waals surface area contributed by atoms with Gasteiger partial charge >= 0.3 is 0 Å². The molecule has 1 heterocycles. The number of carbonyl (C=O) groups is 2. The lowest BCUT2D eigenvalue weighted by Crippen LogP contribution is -2.51. The first-order valence-corrected chi connectivity index (χ1v) is 9.37. The summed E-state index contributed by atoms with van der Waals surface area (Å²) in [5, 5.41) is 3.14. The molecule has 1 aromatic rings. The molecule has 1 N–H and O–H groups in total. The maximum atomic E-state index is 12.7. The van der Waals surface area contributed by atoms with Gasteiger partial charge in [0.15, 0.2) is 6.10 Å². The van der Waals surface area contributed by atoms with E-state index in [9.17, 15) is 9.59 Å². The number of amides is 2. The van der Waals surface area contributed by atoms with E-state index in [0.29, 0.717) is 23.8 Å². The zero-order chi connectivity index (χ0) is 18.0. The van der Waals surface area contributed by atoms with E-state index in [4.69, 9.17) is 4.74 Å². The van der Waals surface area contributed by atoms with Gasteiger partial charge in [-0.25, -0.2) is 0 Å². The van der Waals surface area contributed by atoms with E-state index in [0.717, 1.165) is 24.8 Å². The van der Waals surface area contributed by atoms with Gasteiger partial charge in [0, 0.05) is 6.04 Å². The number of hydrogen-bond donors (Lipinski definition) is 1. The molecular weight excluding hydrogens is 316 g/mol. The number of rotatable bonds is 4. The first kappa shape index (κ1) is 17.8. The lowest BCUT2D eigenvalue weighted by atomic mass is 9.86. The van der Waals surface area contributed by atoms with Gasteiger partial charge in [-0.15, -0.1) is 0 Å². The second kappa shape index (κ2) is 7.46. The first-order valence-electron chi connectivity index (χ1n) is 9.37. The minimum Gasteiger partial charge on any atom is -0.478 e. The second-order valence-electron chi connectivity index (χ2n) is 7.35. The van der Waals surface area contributed by atoms with Crippen LogP contribution in [0.4, 0.5) is 5.69 Å². The highest BCUT2D eigenvalue weighted by molar-refractivity contribution is 6.03. The van der Waals surface area contributed by atoms with Gasteiger partial charge < -0.3 is 10.1 Å². The normalized spacial score (nSPS) is 26.0. The van der Waals surface area contributed by atoms with E-state index in [1.807, 2.05) is 32.0 Å². The molecule has 3 atom stereocenters. The monoisotopic (exact) mass is 344 g/mol. The van der Waals surface area contributed by atoms with Crippen molar-refractivity contribution in [2.75, 3.05) is 11.4 Å². The van der Waals surface area contributed by atoms with Crippen LogP contribution in [0.15, 0.2) is 18.2 Å². The highest BCUT2D eigenvalue weighted by atomic mass is 16.5. The smallest absolute Gasteiger partial charge is 0.268 e. The Labute approximate surface area is 149 Å². The molecule has 2 amide bonds. The summed E-state index contributed by atoms with van der Waals surface area (Å²) in [4.78, 5) is 26.9. The van der Waals surface area contributed by atoms with E-state index in [-0.39, 0.29) is 24.4 Å². The molecule has 5 heteroatoms. The van der Waals surface area contributed by atoms with Crippen LogP contribution in [0.25, 0.3) is 0 Å². The summed E-state index contributed by atoms with van der Waals surface area (Å²) in [6, 6.07) is 5.98. The molecule has 136 valence electrons. The van der Waals surface area contributed by atoms with Crippen LogP contribution in [0, 0.1) is 12.8 Å². The zero-order valence-electron chi connectivity index (χ0n) is 15.4. The summed E-state index contributed by atoms with van der Waals surface area (Å²) >= 11 is 0. The van der Waals surface area contributed by atoms with Gasteiger partial charge in [0.2, 0.25) is 5.91 Å². The molecule has 3 rings (SSSR count). The van der Waals surface area contributed by atoms with Gasteiger partial charge in [0.25, 0.3) is 5.91 Å². The lowest BCUT2D eigenvalue weighted by molar-refractivity contribution is -0.129. The van der Waals surface area contributed by atoms with E-state index < -0.39 is 6.10 Å². The van der Waals surface area contributed by atoms with Crippen LogP contribution >= 0.6 is 0 Å². The molecule has 5 nitrogen and oxygen atoms in total. The maximum absolute atomic E-state index is 12.7. The zero-order valence-corrected chi connectivity index (χ0v) is 15.4. The summed E-state index contributed by atoms with van der Waals surface area (Å²) in [5.41, 5.74) is 1.73. The van der Waals surface area contributed by atoms with Crippen molar-refractivity contribution in [3.8, 4) is 5.75 Å². The van der Waals surface area contributed by atoms with Gasteiger partial charge in [0.1, 0.15) is 12.3 Å². The van der Waals surface area contributed by atoms with Crippen molar-refractivity contribution < 1.29 is 14.3 Å². The Balaban J connectivity index is 1.76. The van der Waals surface area contributed by atoms with Gasteiger partial charge in [-0.3, -0.25) is 14.5 Å². The molecule has 1 aliphatic heterocycles. The van der Waals surface area contributed by atoms with Gasteiger partial charge in [-0.2, -0.15) is 0 Å². The highest BCUT2D eigenvalue weighted by Gasteiger charge is 2.35. The summed E-state index contributed by atoms with van der Waals surface area (Å²) in [6.45, 7) is 6.14. The second-order valence-corrected chi connectivity index (χ2v) is 7.35. The van der Waals surface area contributed by atoms with Gasteiger partial charge in [-0.05, 0) is 49.8 Å². The molecule has 2 aliphatic rings. The van der Waals surface area contributed by atoms with Crippen molar-refractivity contribution in [1.29, 1.82) is 0 Å². The van der Waals surface area contributed by atoms with E-state index in [2.05, 4.69) is 12.2 Å². The molecule has 0 saturated heterocycles. The van der Waals surface area contributed by atoms with Gasteiger partial charge in [-0.1, -0.05) is 32.8 Å². The predicted molar refractivity (Wildman–Crippen MR) is 97.8 cm³/mol. The summed E-state index contributed by atoms with van der Waals surface area (Å²) in [7, 11) is 0. The van der Waals surface area contributed by atoms with Gasteiger partial charge in [0.05, 0.1) is 5.69 Å². The van der Waals surface area contributed by atoms with Crippen LogP contribution in [0.1, 0.15) is 51.5 Å². The van der Waals surface area contributed by atoms with E-state index in [1.54, 1.807) is 4.90 Å². The topological polar surface area (TPSA) is 58.6 Å². The summed E-state index contributed by atoms with van der Waals surface area (Å²) < 4.78 is 5.80. The third kappa shape index (κ3) is 3.80. The SMILES string of the molecule is CC[C@@H]1Oc2ccc(C)cc2N(CC(=O)N[C@@H]2CCCC[C@H]2C)C1=O. The predicted octanol–water partition coefficient (Wildman–Crippen LogP) is 3.19. The van der Waals surface area contributed by atoms with Crippen molar-refractivity contribution in [3.63, 3.8) is 0 Å². The Morgan fingerprint density at radius 2 is 2.08 bits per heavy atom. The Kier molecular flexibility index (Phi) is 5.30. The van der Waals surface area contributed by atoms with Crippen LogP contribution in [0.2, 0.25) is 0 Å². The number of anilines is 1. The molecular formula is C20H28N2O3. The summed E-state index contributed by atoms with van der Waals surface area (Å²) in [5.74, 6) is 0.954. The molecule has 1 aromatic carbocycles. The highest BCUT2D eigenvalue weighted by Crippen LogP contribution is 2.35. The van der Waals surface area contributed by atoms with Crippen molar-refractivity contribution in [1.82, 2.24) is 5.32 Å². The first-order chi connectivity index (χ1) is 12.0. The van der Waals surface area contributed by atoms with Crippen molar-refractivity contribution in [3.05, 3.63) is 23.8 Å². The maximum Gasteiger partial charge on any atom is 0.268 e. The lowest BCUT2D eigenvalue weighted by Gasteiger charge is -2.35. The van der Waals surface area contributed by atoms with E-state index >= 15 is 0 Å². The minimum atomic E-state index is -0.517. The molecule has 0 aromatic heterocycles. The minimum absolute atomic E-state index is 0.0539. The quantitative estimate of drug-likeness (QED) is 0.912. The van der Waals surface area contributed by atoms with Crippen molar-refractivity contribution >= 4 is 17.5 Å². The Bertz CT molecular complexity index is 658. The number of fused-ring (bicyclic) bond motifs is 1. The Hall–Kier alpha value is -2.04. The fourth-order valence-electron chi connectivity index (χ4n) is 3.78. The van der Waals surface area contributed by atoms with Crippen LogP contribution in [0.3, 0.4) is 0 Å². The standard InChI is InChI=1S/C20H28N2O3/c1-4-17-20(24)22(16-11-13(2)9-10-18(16)25-17)12-19(23)21-15-8-6-5-7-14(15)3/h9-11,14-15,17H,4-8,12H2,1-3H3,(H,21,23)/t14-,15-,17+/m1/s1. The number of ether oxygens (including phenoxy) is 1. The number of hydrogen-bond acceptors (Lipinski definition) is 3. The molecule has 0 unspecified atom stereocenters. The third-order valence-electron chi connectivity index (χ3n) is 5.35. The molecule has 1 saturated carbocycles. The van der Waals surface area contributed by atoms with Crippen LogP contribution in [-0.2, 0) is 9.59 Å². The number of carbonyl (C=O) groups excluding carboxylic acids is 2. The third-order valence-corrected chi connectivity index (χ3v) is 5.35. The molecule has 1 aliphatic carbocycles. The van der Waals surface area contributed by atoms with Crippen molar-refractivity contribution in [2.24, 2.45) is 5.92 Å². The Morgan fingerprint density at radius 1 is 1.32 bits per heavy atom. The molecule has 0 radical (unpaired) electrons. The van der Waals surface area contributed by atoms with E-state index in [1.165, 1.54) is 6.42 Å². The number of nitrogens with zero attached hydrogens (tertiary/aromatic N) is 1. The fraction of sp³-hybridized carbons (Fsp3) is 0.600. The molecule has 1 fully saturated rings. The average Bonchev–Trinajstić information content (AvgIpc) is 2.59. The fourth-order valence-corrected chi connectivity index (χ4v) is 3.78. The summed E-state index contributed by atoms with van der Waals surface area (Å²) in [6.07, 6.45) is 4.64. The Morgan fingerprint density at radius 3 is 2.80 bits per heavy atom. The largest absolute Gasteiger partial charge is 0.478 e. The van der Waals surface area contributed by atoms with Crippen molar-refractivity contribution in [2.45, 2.75) is 65.0 Å². The van der Waals surface area contributed by atoms with Crippen LogP contribution in [-0.4, -0.2) is 30.5 Å². The number of aryl methyl sites for hydroxylation is 1. The number of nitrogens with one attached hydrogen (secondary N) is 1. The average molecular weight is 344 g/mol. The molecule has 25 heavy (non-hydrogen) atoms. The molecule has 0 bridgehead atoms. The van der Waals surface area contributed by atoms with Crippen LogP contribution < -0.4 is 15.0 Å².